The predicted molar refractivity (Wildman–Crippen MR) is 84.5 cm³/mol. The SMILES string of the molecule is Cc1ccc(CN)cc1S(=O)(=O)NCC1CCN(C)CC1. The Labute approximate surface area is 127 Å². The van der Waals surface area contributed by atoms with Crippen molar-refractivity contribution in [3.63, 3.8) is 0 Å². The fourth-order valence-corrected chi connectivity index (χ4v) is 4.04. The van der Waals surface area contributed by atoms with Crippen molar-refractivity contribution in [2.75, 3.05) is 26.7 Å². The Kier molecular flexibility index (Phi) is 5.37. The number of likely N-dealkylation sites (tertiary alicyclic amines) is 1. The molecular weight excluding hydrogens is 286 g/mol. The first-order chi connectivity index (χ1) is 9.92. The number of piperidine rings is 1. The van der Waals surface area contributed by atoms with Gasteiger partial charge in [0.25, 0.3) is 0 Å². The van der Waals surface area contributed by atoms with E-state index in [-0.39, 0.29) is 0 Å². The van der Waals surface area contributed by atoms with Gasteiger partial charge in [0.1, 0.15) is 0 Å². The number of nitrogens with two attached hydrogens (primary N) is 1. The van der Waals surface area contributed by atoms with Gasteiger partial charge in [-0.25, -0.2) is 13.1 Å². The quantitative estimate of drug-likeness (QED) is 0.853. The molecule has 1 aliphatic rings. The van der Waals surface area contributed by atoms with Gasteiger partial charge in [-0.2, -0.15) is 0 Å². The molecular formula is C15H25N3O2S. The number of rotatable bonds is 5. The molecule has 0 bridgehead atoms. The van der Waals surface area contributed by atoms with Gasteiger partial charge in [-0.1, -0.05) is 12.1 Å². The summed E-state index contributed by atoms with van der Waals surface area (Å²) in [6.45, 7) is 4.74. The van der Waals surface area contributed by atoms with E-state index in [0.717, 1.165) is 37.1 Å². The van der Waals surface area contributed by atoms with E-state index in [1.807, 2.05) is 19.1 Å². The summed E-state index contributed by atoms with van der Waals surface area (Å²) in [5.74, 6) is 0.425. The van der Waals surface area contributed by atoms with Crippen molar-refractivity contribution in [3.05, 3.63) is 29.3 Å². The van der Waals surface area contributed by atoms with Gasteiger partial charge in [-0.15, -0.1) is 0 Å². The lowest BCUT2D eigenvalue weighted by Gasteiger charge is -2.28. The third-order valence-corrected chi connectivity index (χ3v) is 5.74. The molecule has 118 valence electrons. The Morgan fingerprint density at radius 1 is 1.33 bits per heavy atom. The average Bonchev–Trinajstić information content (AvgIpc) is 2.47. The first-order valence-corrected chi connectivity index (χ1v) is 8.88. The molecule has 0 amide bonds. The summed E-state index contributed by atoms with van der Waals surface area (Å²) in [7, 11) is -1.36. The smallest absolute Gasteiger partial charge is 0.240 e. The fourth-order valence-electron chi connectivity index (χ4n) is 2.63. The first kappa shape index (κ1) is 16.4. The van der Waals surface area contributed by atoms with Crippen LogP contribution in [0, 0.1) is 12.8 Å². The standard InChI is InChI=1S/C15H25N3O2S/c1-12-3-4-14(10-16)9-15(12)21(19,20)17-11-13-5-7-18(2)8-6-13/h3-4,9,13,17H,5-8,10-11,16H2,1-2H3. The summed E-state index contributed by atoms with van der Waals surface area (Å²) in [6.07, 6.45) is 2.09. The van der Waals surface area contributed by atoms with Gasteiger partial charge in [0.05, 0.1) is 4.90 Å². The second kappa shape index (κ2) is 6.87. The zero-order chi connectivity index (χ0) is 15.5. The zero-order valence-electron chi connectivity index (χ0n) is 12.8. The minimum absolute atomic E-state index is 0.345. The van der Waals surface area contributed by atoms with E-state index in [2.05, 4.69) is 16.7 Å². The molecule has 1 fully saturated rings. The molecule has 0 saturated carbocycles. The monoisotopic (exact) mass is 311 g/mol. The van der Waals surface area contributed by atoms with Gasteiger partial charge in [0.2, 0.25) is 10.0 Å². The third kappa shape index (κ3) is 4.26. The van der Waals surface area contributed by atoms with Crippen LogP contribution in [0.5, 0.6) is 0 Å². The number of sulfonamides is 1. The number of hydrogen-bond acceptors (Lipinski definition) is 4. The predicted octanol–water partition coefficient (Wildman–Crippen LogP) is 1.07. The molecule has 21 heavy (non-hydrogen) atoms. The Balaban J connectivity index is 2.05. The maximum absolute atomic E-state index is 12.5. The van der Waals surface area contributed by atoms with E-state index in [9.17, 15) is 8.42 Å². The van der Waals surface area contributed by atoms with E-state index in [1.54, 1.807) is 6.07 Å². The second-order valence-electron chi connectivity index (χ2n) is 5.90. The molecule has 0 unspecified atom stereocenters. The minimum Gasteiger partial charge on any atom is -0.326 e. The molecule has 1 aromatic rings. The normalized spacial score (nSPS) is 18.0. The van der Waals surface area contributed by atoms with Crippen molar-refractivity contribution in [2.24, 2.45) is 11.7 Å². The van der Waals surface area contributed by atoms with Crippen molar-refractivity contribution in [1.29, 1.82) is 0 Å². The molecule has 3 N–H and O–H groups in total. The van der Waals surface area contributed by atoms with Crippen molar-refractivity contribution < 1.29 is 8.42 Å². The summed E-state index contributed by atoms with van der Waals surface area (Å²) >= 11 is 0. The van der Waals surface area contributed by atoms with Crippen molar-refractivity contribution in [2.45, 2.75) is 31.2 Å². The molecule has 1 heterocycles. The summed E-state index contributed by atoms with van der Waals surface area (Å²) < 4.78 is 27.7. The highest BCUT2D eigenvalue weighted by atomic mass is 32.2. The molecule has 2 rings (SSSR count). The van der Waals surface area contributed by atoms with Crippen LogP contribution in [0.15, 0.2) is 23.1 Å². The van der Waals surface area contributed by atoms with Crippen molar-refractivity contribution in [1.82, 2.24) is 9.62 Å². The third-order valence-electron chi connectivity index (χ3n) is 4.18. The number of nitrogens with zero attached hydrogens (tertiary/aromatic N) is 1. The van der Waals surface area contributed by atoms with Gasteiger partial charge in [-0.3, -0.25) is 0 Å². The molecule has 0 atom stereocenters. The lowest BCUT2D eigenvalue weighted by Crippen LogP contribution is -2.37. The van der Waals surface area contributed by atoms with E-state index in [4.69, 9.17) is 5.73 Å². The zero-order valence-corrected chi connectivity index (χ0v) is 13.6. The lowest BCUT2D eigenvalue weighted by atomic mass is 9.98. The van der Waals surface area contributed by atoms with Crippen LogP contribution in [0.2, 0.25) is 0 Å². The minimum atomic E-state index is -3.46. The van der Waals surface area contributed by atoms with Crippen LogP contribution in [0.25, 0.3) is 0 Å². The van der Waals surface area contributed by atoms with Crippen LogP contribution in [0.1, 0.15) is 24.0 Å². The topological polar surface area (TPSA) is 75.4 Å². The van der Waals surface area contributed by atoms with Crippen molar-refractivity contribution in [3.8, 4) is 0 Å². The number of benzene rings is 1. The van der Waals surface area contributed by atoms with Crippen LogP contribution < -0.4 is 10.5 Å². The van der Waals surface area contributed by atoms with Crippen LogP contribution >= 0.6 is 0 Å². The Hall–Kier alpha value is -0.950. The number of aryl methyl sites for hydroxylation is 1. The molecule has 0 radical (unpaired) electrons. The lowest BCUT2D eigenvalue weighted by molar-refractivity contribution is 0.220. The van der Waals surface area contributed by atoms with E-state index >= 15 is 0 Å². The van der Waals surface area contributed by atoms with E-state index in [1.165, 1.54) is 0 Å². The maximum Gasteiger partial charge on any atom is 0.240 e. The second-order valence-corrected chi connectivity index (χ2v) is 7.64. The largest absolute Gasteiger partial charge is 0.326 e. The number of nitrogens with one attached hydrogen (secondary N) is 1. The van der Waals surface area contributed by atoms with Gasteiger partial charge in [0.15, 0.2) is 0 Å². The van der Waals surface area contributed by atoms with Gasteiger partial charge in [-0.05, 0) is 63.0 Å². The molecule has 5 nitrogen and oxygen atoms in total. The highest BCUT2D eigenvalue weighted by molar-refractivity contribution is 7.89. The van der Waals surface area contributed by atoms with E-state index in [0.29, 0.717) is 23.9 Å². The van der Waals surface area contributed by atoms with Gasteiger partial charge < -0.3 is 10.6 Å². The molecule has 1 aromatic carbocycles. The van der Waals surface area contributed by atoms with Crippen LogP contribution in [-0.2, 0) is 16.6 Å². The average molecular weight is 311 g/mol. The fraction of sp³-hybridized carbons (Fsp3) is 0.600. The first-order valence-electron chi connectivity index (χ1n) is 7.40. The molecule has 1 saturated heterocycles. The molecule has 0 aliphatic carbocycles. The van der Waals surface area contributed by atoms with E-state index < -0.39 is 10.0 Å². The summed E-state index contributed by atoms with van der Waals surface area (Å²) in [5, 5.41) is 0. The van der Waals surface area contributed by atoms with Crippen LogP contribution in [0.4, 0.5) is 0 Å². The van der Waals surface area contributed by atoms with Crippen LogP contribution in [-0.4, -0.2) is 40.0 Å². The molecule has 1 aliphatic heterocycles. The van der Waals surface area contributed by atoms with Gasteiger partial charge in [0, 0.05) is 13.1 Å². The molecule has 0 aromatic heterocycles. The van der Waals surface area contributed by atoms with Gasteiger partial charge >= 0.3 is 0 Å². The highest BCUT2D eigenvalue weighted by Crippen LogP contribution is 2.19. The summed E-state index contributed by atoms with van der Waals surface area (Å²) in [4.78, 5) is 2.62. The molecule has 0 spiro atoms. The highest BCUT2D eigenvalue weighted by Gasteiger charge is 2.21. The number of hydrogen-bond donors (Lipinski definition) is 2. The Morgan fingerprint density at radius 3 is 2.62 bits per heavy atom. The van der Waals surface area contributed by atoms with Crippen LogP contribution in [0.3, 0.4) is 0 Å². The Bertz CT molecular complexity index is 579. The molecule has 6 heteroatoms. The summed E-state index contributed by atoms with van der Waals surface area (Å²) in [6, 6.07) is 5.35. The van der Waals surface area contributed by atoms with Crippen molar-refractivity contribution >= 4 is 10.0 Å². The maximum atomic E-state index is 12.5. The Morgan fingerprint density at radius 2 is 2.00 bits per heavy atom. The summed E-state index contributed by atoms with van der Waals surface area (Å²) in [5.41, 5.74) is 7.18.